The minimum Gasteiger partial charge on any atom is -0.497 e. The molecule has 0 bridgehead atoms. The number of fused-ring (bicyclic) bond motifs is 3. The van der Waals surface area contributed by atoms with Crippen LogP contribution in [0.5, 0.6) is 5.75 Å². The molecule has 4 heteroatoms. The average molecular weight is 348 g/mol. The number of ether oxygens (including phenoxy) is 1. The van der Waals surface area contributed by atoms with E-state index in [0.29, 0.717) is 0 Å². The molecule has 0 spiro atoms. The standard InChI is InChI=1S/C22H21FN2O/c1-3-4-5-18-12-16-6-9-17(23)13-20(16)22-14-21(24-25(18)22)15-7-10-19(26-2)11-8-15/h6-14H,3-5H2,1-2H3. The van der Waals surface area contributed by atoms with Gasteiger partial charge in [-0.3, -0.25) is 0 Å². The molecule has 0 atom stereocenters. The van der Waals surface area contributed by atoms with Crippen LogP contribution in [0, 0.1) is 5.82 Å². The van der Waals surface area contributed by atoms with E-state index < -0.39 is 0 Å². The number of aryl methyl sites for hydroxylation is 1. The van der Waals surface area contributed by atoms with Gasteiger partial charge in [-0.25, -0.2) is 8.91 Å². The summed E-state index contributed by atoms with van der Waals surface area (Å²) in [6, 6.07) is 17.0. The van der Waals surface area contributed by atoms with E-state index in [2.05, 4.69) is 13.0 Å². The summed E-state index contributed by atoms with van der Waals surface area (Å²) in [5.41, 5.74) is 3.99. The molecule has 4 aromatic rings. The molecule has 0 N–H and O–H groups in total. The molecule has 26 heavy (non-hydrogen) atoms. The first-order valence-electron chi connectivity index (χ1n) is 8.95. The van der Waals surface area contributed by atoms with E-state index in [0.717, 1.165) is 58.3 Å². The molecule has 4 rings (SSSR count). The summed E-state index contributed by atoms with van der Waals surface area (Å²) in [6.45, 7) is 2.18. The Hall–Kier alpha value is -2.88. The van der Waals surface area contributed by atoms with Crippen LogP contribution < -0.4 is 4.74 Å². The maximum Gasteiger partial charge on any atom is 0.123 e. The number of nitrogens with zero attached hydrogens (tertiary/aromatic N) is 2. The van der Waals surface area contributed by atoms with Gasteiger partial charge in [0, 0.05) is 16.6 Å². The number of aromatic nitrogens is 2. The van der Waals surface area contributed by atoms with Crippen LogP contribution in [0.2, 0.25) is 0 Å². The predicted molar refractivity (Wildman–Crippen MR) is 103 cm³/mol. The minimum atomic E-state index is -0.229. The number of benzene rings is 2. The van der Waals surface area contributed by atoms with Gasteiger partial charge in [0.15, 0.2) is 0 Å². The van der Waals surface area contributed by atoms with Gasteiger partial charge in [0.1, 0.15) is 11.6 Å². The second-order valence-electron chi connectivity index (χ2n) is 6.53. The largest absolute Gasteiger partial charge is 0.497 e. The maximum absolute atomic E-state index is 13.8. The molecular formula is C22H21FN2O. The van der Waals surface area contributed by atoms with Crippen LogP contribution in [0.15, 0.2) is 54.6 Å². The number of methoxy groups -OCH3 is 1. The summed E-state index contributed by atoms with van der Waals surface area (Å²) in [4.78, 5) is 0. The molecule has 0 aliphatic heterocycles. The molecule has 0 radical (unpaired) electrons. The zero-order valence-corrected chi connectivity index (χ0v) is 15.0. The van der Waals surface area contributed by atoms with Crippen molar-refractivity contribution in [3.8, 4) is 17.0 Å². The van der Waals surface area contributed by atoms with Crippen LogP contribution in [0.4, 0.5) is 4.39 Å². The number of unbranched alkanes of at least 4 members (excludes halogenated alkanes) is 1. The van der Waals surface area contributed by atoms with Gasteiger partial charge in [-0.1, -0.05) is 19.4 Å². The molecule has 0 unspecified atom stereocenters. The Kier molecular flexibility index (Phi) is 4.33. The summed E-state index contributed by atoms with van der Waals surface area (Å²) in [5.74, 6) is 0.585. The van der Waals surface area contributed by atoms with Gasteiger partial charge in [0.05, 0.1) is 18.3 Å². The zero-order valence-electron chi connectivity index (χ0n) is 15.0. The summed E-state index contributed by atoms with van der Waals surface area (Å²) in [5, 5.41) is 6.76. The Labute approximate surface area is 152 Å². The van der Waals surface area contributed by atoms with Crippen molar-refractivity contribution in [2.45, 2.75) is 26.2 Å². The van der Waals surface area contributed by atoms with Crippen molar-refractivity contribution < 1.29 is 9.13 Å². The summed E-state index contributed by atoms with van der Waals surface area (Å²) in [7, 11) is 1.65. The zero-order chi connectivity index (χ0) is 18.1. The van der Waals surface area contributed by atoms with E-state index in [1.807, 2.05) is 40.9 Å². The van der Waals surface area contributed by atoms with E-state index in [1.165, 1.54) is 6.07 Å². The van der Waals surface area contributed by atoms with E-state index in [9.17, 15) is 4.39 Å². The van der Waals surface area contributed by atoms with Crippen LogP contribution in [0.3, 0.4) is 0 Å². The lowest BCUT2D eigenvalue weighted by molar-refractivity contribution is 0.415. The molecule has 0 aliphatic rings. The molecule has 2 aromatic carbocycles. The monoisotopic (exact) mass is 348 g/mol. The Bertz CT molecular complexity index is 1070. The molecule has 0 saturated carbocycles. The van der Waals surface area contributed by atoms with Crippen LogP contribution in [0.1, 0.15) is 25.5 Å². The van der Waals surface area contributed by atoms with Gasteiger partial charge in [0.25, 0.3) is 0 Å². The summed E-state index contributed by atoms with van der Waals surface area (Å²) in [6.07, 6.45) is 3.17. The first-order chi connectivity index (χ1) is 12.7. The van der Waals surface area contributed by atoms with E-state index in [-0.39, 0.29) is 5.82 Å². The second kappa shape index (κ2) is 6.79. The second-order valence-corrected chi connectivity index (χ2v) is 6.53. The van der Waals surface area contributed by atoms with Crippen molar-refractivity contribution in [2.24, 2.45) is 0 Å². The smallest absolute Gasteiger partial charge is 0.123 e. The van der Waals surface area contributed by atoms with Crippen LogP contribution in [-0.2, 0) is 6.42 Å². The highest BCUT2D eigenvalue weighted by Gasteiger charge is 2.12. The highest BCUT2D eigenvalue weighted by Crippen LogP contribution is 2.29. The SMILES string of the molecule is CCCCc1cc2ccc(F)cc2c2cc(-c3ccc(OC)cc3)nn12. The fraction of sp³-hybridized carbons (Fsp3) is 0.227. The highest BCUT2D eigenvalue weighted by atomic mass is 19.1. The molecule has 0 amide bonds. The van der Waals surface area contributed by atoms with Crippen molar-refractivity contribution in [2.75, 3.05) is 7.11 Å². The first kappa shape index (κ1) is 16.6. The Balaban J connectivity index is 1.93. The third-order valence-corrected chi connectivity index (χ3v) is 4.77. The Morgan fingerprint density at radius 2 is 1.85 bits per heavy atom. The predicted octanol–water partition coefficient (Wildman–Crippen LogP) is 5.64. The van der Waals surface area contributed by atoms with Crippen molar-refractivity contribution in [3.05, 3.63) is 66.1 Å². The first-order valence-corrected chi connectivity index (χ1v) is 8.95. The number of rotatable bonds is 5. The van der Waals surface area contributed by atoms with E-state index in [1.54, 1.807) is 13.2 Å². The van der Waals surface area contributed by atoms with Crippen molar-refractivity contribution >= 4 is 16.3 Å². The fourth-order valence-electron chi connectivity index (χ4n) is 3.35. The summed E-state index contributed by atoms with van der Waals surface area (Å²) >= 11 is 0. The molecule has 3 nitrogen and oxygen atoms in total. The summed E-state index contributed by atoms with van der Waals surface area (Å²) < 4.78 is 21.0. The average Bonchev–Trinajstić information content (AvgIpc) is 3.12. The number of halogens is 1. The third-order valence-electron chi connectivity index (χ3n) is 4.77. The van der Waals surface area contributed by atoms with Gasteiger partial charge in [-0.15, -0.1) is 0 Å². The lowest BCUT2D eigenvalue weighted by Gasteiger charge is -2.08. The lowest BCUT2D eigenvalue weighted by Crippen LogP contribution is -2.00. The Morgan fingerprint density at radius 1 is 1.04 bits per heavy atom. The normalized spacial score (nSPS) is 11.3. The van der Waals surface area contributed by atoms with E-state index in [4.69, 9.17) is 9.84 Å². The topological polar surface area (TPSA) is 26.5 Å². The van der Waals surface area contributed by atoms with Crippen molar-refractivity contribution in [3.63, 3.8) is 0 Å². The van der Waals surface area contributed by atoms with Crippen LogP contribution in [0.25, 0.3) is 27.5 Å². The van der Waals surface area contributed by atoms with E-state index >= 15 is 0 Å². The molecule has 0 fully saturated rings. The van der Waals surface area contributed by atoms with Crippen molar-refractivity contribution in [1.82, 2.24) is 9.61 Å². The molecule has 2 heterocycles. The van der Waals surface area contributed by atoms with Crippen LogP contribution >= 0.6 is 0 Å². The van der Waals surface area contributed by atoms with Gasteiger partial charge >= 0.3 is 0 Å². The van der Waals surface area contributed by atoms with Gasteiger partial charge in [-0.05, 0) is 66.8 Å². The van der Waals surface area contributed by atoms with Crippen LogP contribution in [-0.4, -0.2) is 16.7 Å². The quantitative estimate of drug-likeness (QED) is 0.466. The lowest BCUT2D eigenvalue weighted by atomic mass is 10.1. The van der Waals surface area contributed by atoms with Gasteiger partial charge in [0.2, 0.25) is 0 Å². The van der Waals surface area contributed by atoms with Gasteiger partial charge < -0.3 is 4.74 Å². The molecule has 2 aromatic heterocycles. The third kappa shape index (κ3) is 2.92. The van der Waals surface area contributed by atoms with Gasteiger partial charge in [-0.2, -0.15) is 5.10 Å². The number of hydrogen-bond acceptors (Lipinski definition) is 2. The highest BCUT2D eigenvalue weighted by molar-refractivity contribution is 5.97. The number of hydrogen-bond donors (Lipinski definition) is 0. The Morgan fingerprint density at radius 3 is 2.58 bits per heavy atom. The molecule has 0 saturated heterocycles. The number of pyridine rings is 1. The maximum atomic E-state index is 13.8. The molecule has 132 valence electrons. The minimum absolute atomic E-state index is 0.229. The molecular weight excluding hydrogens is 327 g/mol. The van der Waals surface area contributed by atoms with Crippen molar-refractivity contribution in [1.29, 1.82) is 0 Å². The molecule has 0 aliphatic carbocycles. The fourth-order valence-corrected chi connectivity index (χ4v) is 3.35.